The molecule has 0 nitrogen and oxygen atoms in total. The lowest BCUT2D eigenvalue weighted by Crippen LogP contribution is -1.72. The summed E-state index contributed by atoms with van der Waals surface area (Å²) in [4.78, 5) is 0. The first-order chi connectivity index (χ1) is 6.50. The highest BCUT2D eigenvalue weighted by molar-refractivity contribution is 4.99. The van der Waals surface area contributed by atoms with E-state index in [0.717, 1.165) is 6.42 Å². The number of hydrogen-bond acceptors (Lipinski definition) is 0. The Morgan fingerprint density at radius 2 is 1.46 bits per heavy atom. The zero-order valence-corrected chi connectivity index (χ0v) is 8.34. The van der Waals surface area contributed by atoms with Crippen molar-refractivity contribution >= 4 is 0 Å². The van der Waals surface area contributed by atoms with Gasteiger partial charge < -0.3 is 0 Å². The van der Waals surface area contributed by atoms with Gasteiger partial charge in [0.2, 0.25) is 0 Å². The van der Waals surface area contributed by atoms with E-state index >= 15 is 0 Å². The lowest BCUT2D eigenvalue weighted by Gasteiger charge is -1.92. The van der Waals surface area contributed by atoms with Gasteiger partial charge in [-0.3, -0.25) is 0 Å². The molecule has 1 rings (SSSR count). The lowest BCUT2D eigenvalue weighted by atomic mass is 10.1. The molecular formula is C13H19. The van der Waals surface area contributed by atoms with E-state index in [-0.39, 0.29) is 0 Å². The Balaban J connectivity index is 2.28. The summed E-state index contributed by atoms with van der Waals surface area (Å²) in [5.74, 6) is 0. The van der Waals surface area contributed by atoms with Crippen molar-refractivity contribution in [3.63, 3.8) is 0 Å². The maximum absolute atomic E-state index is 3.28. The molecule has 0 fully saturated rings. The van der Waals surface area contributed by atoms with Crippen molar-refractivity contribution in [1.29, 1.82) is 0 Å². The van der Waals surface area contributed by atoms with Gasteiger partial charge in [0, 0.05) is 0 Å². The van der Waals surface area contributed by atoms with Crippen molar-refractivity contribution < 1.29 is 0 Å². The molecule has 0 atom stereocenters. The third-order valence-electron chi connectivity index (χ3n) is 2.20. The Morgan fingerprint density at radius 3 is 2.31 bits per heavy atom. The first-order valence-electron chi connectivity index (χ1n) is 5.37. The van der Waals surface area contributed by atoms with Crippen LogP contribution in [0.1, 0.15) is 44.9 Å². The van der Waals surface area contributed by atoms with E-state index < -0.39 is 0 Å². The van der Waals surface area contributed by atoms with Crippen LogP contribution in [0, 0.1) is 6.08 Å². The molecule has 0 aliphatic heterocycles. The fourth-order valence-corrected chi connectivity index (χ4v) is 1.40. The van der Waals surface area contributed by atoms with Crippen LogP contribution in [0.25, 0.3) is 0 Å². The lowest BCUT2D eigenvalue weighted by molar-refractivity contribution is 0.759. The van der Waals surface area contributed by atoms with Gasteiger partial charge in [-0.1, -0.05) is 30.4 Å². The van der Waals surface area contributed by atoms with Crippen LogP contribution in [0.5, 0.6) is 0 Å². The van der Waals surface area contributed by atoms with E-state index in [9.17, 15) is 0 Å². The average molecular weight is 175 g/mol. The van der Waals surface area contributed by atoms with Gasteiger partial charge in [0.25, 0.3) is 0 Å². The van der Waals surface area contributed by atoms with Crippen LogP contribution in [0.15, 0.2) is 30.4 Å². The third kappa shape index (κ3) is 6.39. The molecule has 71 valence electrons. The second kappa shape index (κ2) is 7.85. The first kappa shape index (κ1) is 10.3. The fourth-order valence-electron chi connectivity index (χ4n) is 1.40. The van der Waals surface area contributed by atoms with Crippen LogP contribution in [0.2, 0.25) is 0 Å². The Morgan fingerprint density at radius 1 is 0.769 bits per heavy atom. The highest BCUT2D eigenvalue weighted by atomic mass is 13.9. The highest BCUT2D eigenvalue weighted by Gasteiger charge is 1.85. The second-order valence-corrected chi connectivity index (χ2v) is 3.45. The summed E-state index contributed by atoms with van der Waals surface area (Å²) in [7, 11) is 0. The van der Waals surface area contributed by atoms with Gasteiger partial charge in [-0.15, -0.1) is 0 Å². The molecule has 1 aliphatic carbocycles. The van der Waals surface area contributed by atoms with Crippen LogP contribution in [0.4, 0.5) is 0 Å². The Bertz CT molecular complexity index is 184. The quantitative estimate of drug-likeness (QED) is 0.484. The molecule has 0 saturated carbocycles. The van der Waals surface area contributed by atoms with E-state index in [2.05, 4.69) is 36.5 Å². The van der Waals surface area contributed by atoms with E-state index in [1.54, 1.807) is 0 Å². The standard InChI is InChI=1S/C13H19/c1-2-4-6-8-10-12-13-11-9-7-5-3-1/h1-3,12-13H,4,6-11H2. The summed E-state index contributed by atoms with van der Waals surface area (Å²) in [6, 6.07) is 0. The van der Waals surface area contributed by atoms with Crippen molar-refractivity contribution in [3.05, 3.63) is 36.5 Å². The smallest absolute Gasteiger partial charge is 0.0273 e. The summed E-state index contributed by atoms with van der Waals surface area (Å²) in [6.45, 7) is 0. The van der Waals surface area contributed by atoms with Gasteiger partial charge in [0.15, 0.2) is 0 Å². The van der Waals surface area contributed by atoms with Crippen molar-refractivity contribution in [2.75, 3.05) is 0 Å². The number of hydrogen-bond donors (Lipinski definition) is 0. The van der Waals surface area contributed by atoms with Gasteiger partial charge in [0.1, 0.15) is 0 Å². The molecule has 0 heteroatoms. The molecule has 0 bridgehead atoms. The summed E-state index contributed by atoms with van der Waals surface area (Å²) in [6.07, 6.45) is 23.0. The van der Waals surface area contributed by atoms with Gasteiger partial charge in [0.05, 0.1) is 0 Å². The van der Waals surface area contributed by atoms with Crippen LogP contribution >= 0.6 is 0 Å². The zero-order valence-electron chi connectivity index (χ0n) is 8.34. The average Bonchev–Trinajstić information content (AvgIpc) is 2.18. The van der Waals surface area contributed by atoms with Crippen LogP contribution in [-0.2, 0) is 0 Å². The van der Waals surface area contributed by atoms with Gasteiger partial charge >= 0.3 is 0 Å². The van der Waals surface area contributed by atoms with Gasteiger partial charge in [-0.25, -0.2) is 0 Å². The summed E-state index contributed by atoms with van der Waals surface area (Å²) in [5.41, 5.74) is 0. The summed E-state index contributed by atoms with van der Waals surface area (Å²) < 4.78 is 0. The Labute approximate surface area is 82.0 Å². The highest BCUT2D eigenvalue weighted by Crippen LogP contribution is 2.05. The maximum Gasteiger partial charge on any atom is -0.0273 e. The maximum atomic E-state index is 3.28. The van der Waals surface area contributed by atoms with E-state index in [4.69, 9.17) is 0 Å². The minimum Gasteiger partial charge on any atom is -0.0885 e. The topological polar surface area (TPSA) is 0 Å². The monoisotopic (exact) mass is 175 g/mol. The van der Waals surface area contributed by atoms with Crippen molar-refractivity contribution in [3.8, 4) is 0 Å². The van der Waals surface area contributed by atoms with Crippen LogP contribution in [-0.4, -0.2) is 0 Å². The predicted molar refractivity (Wildman–Crippen MR) is 58.4 cm³/mol. The number of allylic oxidation sites excluding steroid dienone is 6. The zero-order chi connectivity index (χ0) is 9.19. The van der Waals surface area contributed by atoms with E-state index in [1.807, 2.05) is 0 Å². The molecule has 0 heterocycles. The number of rotatable bonds is 0. The largest absolute Gasteiger partial charge is 0.0885 e. The molecule has 1 aliphatic rings. The van der Waals surface area contributed by atoms with E-state index in [0.29, 0.717) is 0 Å². The molecule has 0 aromatic heterocycles. The van der Waals surface area contributed by atoms with Gasteiger partial charge in [-0.2, -0.15) is 0 Å². The van der Waals surface area contributed by atoms with Crippen molar-refractivity contribution in [1.82, 2.24) is 0 Å². The van der Waals surface area contributed by atoms with Crippen molar-refractivity contribution in [2.24, 2.45) is 0 Å². The first-order valence-corrected chi connectivity index (χ1v) is 5.37. The second-order valence-electron chi connectivity index (χ2n) is 3.45. The molecule has 0 aromatic carbocycles. The molecule has 0 spiro atoms. The third-order valence-corrected chi connectivity index (χ3v) is 2.20. The molecular weight excluding hydrogens is 156 g/mol. The summed E-state index contributed by atoms with van der Waals surface area (Å²) >= 11 is 0. The van der Waals surface area contributed by atoms with E-state index in [1.165, 1.54) is 38.5 Å². The molecule has 0 amide bonds. The minimum absolute atomic E-state index is 1.09. The Hall–Kier alpha value is -0.780. The molecule has 1 radical (unpaired) electrons. The SMILES string of the molecule is [C]1=CC=CCCCCC=CCCC1. The van der Waals surface area contributed by atoms with Gasteiger partial charge in [-0.05, 0) is 51.0 Å². The fraction of sp³-hybridized carbons (Fsp3) is 0.538. The predicted octanol–water partition coefficient (Wildman–Crippen LogP) is 4.20. The molecule has 13 heavy (non-hydrogen) atoms. The van der Waals surface area contributed by atoms with Crippen LogP contribution in [0.3, 0.4) is 0 Å². The minimum atomic E-state index is 1.09. The molecule has 0 N–H and O–H groups in total. The summed E-state index contributed by atoms with van der Waals surface area (Å²) in [5, 5.41) is 0. The van der Waals surface area contributed by atoms with Crippen LogP contribution < -0.4 is 0 Å². The molecule has 0 unspecified atom stereocenters. The molecule has 0 aromatic rings. The Kier molecular flexibility index (Phi) is 6.22. The normalized spacial score (nSPS) is 20.3. The molecule has 0 saturated heterocycles. The van der Waals surface area contributed by atoms with Crippen molar-refractivity contribution in [2.45, 2.75) is 44.9 Å².